The molecule has 9 heavy (non-hydrogen) atoms. The molecule has 1 atom stereocenters. The highest BCUT2D eigenvalue weighted by molar-refractivity contribution is 5.12. The Kier molecular flexibility index (Phi) is 1.65. The molecule has 1 saturated carbocycles. The zero-order valence-corrected chi connectivity index (χ0v) is 6.54. The van der Waals surface area contributed by atoms with Crippen molar-refractivity contribution in [1.29, 1.82) is 0 Å². The molecule has 0 amide bonds. The Bertz CT molecular complexity index is 124. The zero-order chi connectivity index (χ0) is 6.91. The summed E-state index contributed by atoms with van der Waals surface area (Å²) in [6.07, 6.45) is 5.27. The molecule has 1 fully saturated rings. The van der Waals surface area contributed by atoms with Crippen LogP contribution in [0.4, 0.5) is 0 Å². The minimum absolute atomic E-state index is 0.500. The van der Waals surface area contributed by atoms with Gasteiger partial charge in [-0.25, -0.2) is 0 Å². The molecule has 0 heteroatoms. The van der Waals surface area contributed by atoms with E-state index < -0.39 is 0 Å². The molecule has 0 spiro atoms. The average molecular weight is 124 g/mol. The molecule has 0 nitrogen and oxygen atoms in total. The van der Waals surface area contributed by atoms with Gasteiger partial charge in [0.25, 0.3) is 0 Å². The van der Waals surface area contributed by atoms with Crippen molar-refractivity contribution in [2.45, 2.75) is 39.5 Å². The van der Waals surface area contributed by atoms with Crippen molar-refractivity contribution in [2.24, 2.45) is 5.41 Å². The molecule has 0 N–H and O–H groups in total. The van der Waals surface area contributed by atoms with Crippen molar-refractivity contribution in [3.63, 3.8) is 0 Å². The molecular formula is C9H16. The van der Waals surface area contributed by atoms with Crippen molar-refractivity contribution >= 4 is 0 Å². The summed E-state index contributed by atoms with van der Waals surface area (Å²) in [6, 6.07) is 0. The minimum Gasteiger partial charge on any atom is -0.0993 e. The Balaban J connectivity index is 2.67. The van der Waals surface area contributed by atoms with Crippen molar-refractivity contribution in [3.8, 4) is 0 Å². The average Bonchev–Trinajstić information content (AvgIpc) is 2.15. The minimum atomic E-state index is 0.500. The molecule has 1 rings (SSSR count). The lowest BCUT2D eigenvalue weighted by atomic mass is 9.83. The van der Waals surface area contributed by atoms with Gasteiger partial charge in [-0.15, -0.1) is 0 Å². The highest BCUT2D eigenvalue weighted by Crippen LogP contribution is 2.43. The van der Waals surface area contributed by atoms with E-state index in [4.69, 9.17) is 0 Å². The van der Waals surface area contributed by atoms with Crippen molar-refractivity contribution in [1.82, 2.24) is 0 Å². The summed E-state index contributed by atoms with van der Waals surface area (Å²) in [6.45, 7) is 8.67. The summed E-state index contributed by atoms with van der Waals surface area (Å²) in [4.78, 5) is 0. The van der Waals surface area contributed by atoms with Crippen molar-refractivity contribution in [2.75, 3.05) is 0 Å². The Morgan fingerprint density at radius 1 is 1.67 bits per heavy atom. The molecule has 1 aliphatic carbocycles. The van der Waals surface area contributed by atoms with E-state index in [-0.39, 0.29) is 0 Å². The van der Waals surface area contributed by atoms with Gasteiger partial charge in [-0.05, 0) is 31.1 Å². The summed E-state index contributed by atoms with van der Waals surface area (Å²) in [5.41, 5.74) is 1.98. The number of allylic oxidation sites excluding steroid dienone is 1. The molecule has 0 heterocycles. The lowest BCUT2D eigenvalue weighted by Gasteiger charge is -2.22. The second-order valence-corrected chi connectivity index (χ2v) is 3.37. The molecule has 0 aliphatic heterocycles. The quantitative estimate of drug-likeness (QED) is 0.471. The summed E-state index contributed by atoms with van der Waals surface area (Å²) in [7, 11) is 0. The lowest BCUT2D eigenvalue weighted by molar-refractivity contribution is 0.396. The Morgan fingerprint density at radius 3 is 2.56 bits per heavy atom. The largest absolute Gasteiger partial charge is 0.0993 e. The fourth-order valence-electron chi connectivity index (χ4n) is 1.60. The van der Waals surface area contributed by atoms with Gasteiger partial charge >= 0.3 is 0 Å². The molecule has 1 aliphatic rings. The molecule has 0 radical (unpaired) electrons. The highest BCUT2D eigenvalue weighted by atomic mass is 14.3. The van der Waals surface area contributed by atoms with Crippen molar-refractivity contribution < 1.29 is 0 Å². The first kappa shape index (κ1) is 6.85. The van der Waals surface area contributed by atoms with Crippen LogP contribution in [-0.2, 0) is 0 Å². The fourth-order valence-corrected chi connectivity index (χ4v) is 1.60. The SMILES string of the molecule is C=C1CCCC1(C)CC. The first-order chi connectivity index (χ1) is 4.19. The standard InChI is InChI=1S/C9H16/c1-4-9(3)7-5-6-8(9)2/h2,4-7H2,1,3H3. The third kappa shape index (κ3) is 1.03. The molecule has 0 aromatic rings. The Hall–Kier alpha value is -0.260. The van der Waals surface area contributed by atoms with Gasteiger partial charge in [-0.2, -0.15) is 0 Å². The van der Waals surface area contributed by atoms with E-state index in [9.17, 15) is 0 Å². The number of hydrogen-bond acceptors (Lipinski definition) is 0. The van der Waals surface area contributed by atoms with Crippen LogP contribution >= 0.6 is 0 Å². The Morgan fingerprint density at radius 2 is 2.33 bits per heavy atom. The predicted octanol–water partition coefficient (Wildman–Crippen LogP) is 3.14. The van der Waals surface area contributed by atoms with Crippen LogP contribution in [0.25, 0.3) is 0 Å². The molecule has 0 aromatic heterocycles. The molecule has 0 bridgehead atoms. The molecular weight excluding hydrogens is 108 g/mol. The molecule has 1 unspecified atom stereocenters. The van der Waals surface area contributed by atoms with Crippen LogP contribution in [0.3, 0.4) is 0 Å². The summed E-state index contributed by atoms with van der Waals surface area (Å²) in [5, 5.41) is 0. The summed E-state index contributed by atoms with van der Waals surface area (Å²) in [5.74, 6) is 0. The van der Waals surface area contributed by atoms with Crippen LogP contribution in [-0.4, -0.2) is 0 Å². The first-order valence-electron chi connectivity index (χ1n) is 3.87. The van der Waals surface area contributed by atoms with Gasteiger partial charge < -0.3 is 0 Å². The van der Waals surface area contributed by atoms with E-state index in [0.29, 0.717) is 5.41 Å². The van der Waals surface area contributed by atoms with Gasteiger partial charge in [0.15, 0.2) is 0 Å². The van der Waals surface area contributed by atoms with Crippen LogP contribution in [0.15, 0.2) is 12.2 Å². The van der Waals surface area contributed by atoms with Gasteiger partial charge in [0.05, 0.1) is 0 Å². The maximum atomic E-state index is 4.08. The maximum absolute atomic E-state index is 4.08. The van der Waals surface area contributed by atoms with Gasteiger partial charge in [-0.3, -0.25) is 0 Å². The number of rotatable bonds is 1. The summed E-state index contributed by atoms with van der Waals surface area (Å²) >= 11 is 0. The third-order valence-electron chi connectivity index (χ3n) is 2.84. The van der Waals surface area contributed by atoms with Crippen molar-refractivity contribution in [3.05, 3.63) is 12.2 Å². The smallest absolute Gasteiger partial charge is 0.0122 e. The molecule has 52 valence electrons. The molecule has 0 saturated heterocycles. The van der Waals surface area contributed by atoms with Crippen LogP contribution < -0.4 is 0 Å². The normalized spacial score (nSPS) is 35.6. The second kappa shape index (κ2) is 2.17. The van der Waals surface area contributed by atoms with Crippen LogP contribution in [0.2, 0.25) is 0 Å². The summed E-state index contributed by atoms with van der Waals surface area (Å²) < 4.78 is 0. The van der Waals surface area contributed by atoms with E-state index in [1.165, 1.54) is 31.3 Å². The second-order valence-electron chi connectivity index (χ2n) is 3.37. The van der Waals surface area contributed by atoms with Crippen LogP contribution in [0.1, 0.15) is 39.5 Å². The maximum Gasteiger partial charge on any atom is -0.0122 e. The first-order valence-corrected chi connectivity index (χ1v) is 3.87. The fraction of sp³-hybridized carbons (Fsp3) is 0.778. The number of hydrogen-bond donors (Lipinski definition) is 0. The topological polar surface area (TPSA) is 0 Å². The van der Waals surface area contributed by atoms with Gasteiger partial charge in [-0.1, -0.05) is 26.0 Å². The van der Waals surface area contributed by atoms with Crippen LogP contribution in [0, 0.1) is 5.41 Å². The van der Waals surface area contributed by atoms with E-state index >= 15 is 0 Å². The highest BCUT2D eigenvalue weighted by Gasteiger charge is 2.29. The van der Waals surface area contributed by atoms with E-state index in [2.05, 4.69) is 20.4 Å². The Labute approximate surface area is 58.0 Å². The van der Waals surface area contributed by atoms with Crippen LogP contribution in [0.5, 0.6) is 0 Å². The zero-order valence-electron chi connectivity index (χ0n) is 6.54. The van der Waals surface area contributed by atoms with E-state index in [1.807, 2.05) is 0 Å². The monoisotopic (exact) mass is 124 g/mol. The van der Waals surface area contributed by atoms with Gasteiger partial charge in [0.2, 0.25) is 0 Å². The third-order valence-corrected chi connectivity index (χ3v) is 2.84. The predicted molar refractivity (Wildman–Crippen MR) is 41.4 cm³/mol. The lowest BCUT2D eigenvalue weighted by Crippen LogP contribution is -2.10. The van der Waals surface area contributed by atoms with E-state index in [1.54, 1.807) is 0 Å². The van der Waals surface area contributed by atoms with Gasteiger partial charge in [0.1, 0.15) is 0 Å². The van der Waals surface area contributed by atoms with E-state index in [0.717, 1.165) is 0 Å². The van der Waals surface area contributed by atoms with Gasteiger partial charge in [0, 0.05) is 0 Å². The molecule has 0 aromatic carbocycles.